The monoisotopic (exact) mass is 450 g/mol. The maximum absolute atomic E-state index is 12.4. The number of methoxy groups -OCH3 is 1. The van der Waals surface area contributed by atoms with Crippen LogP contribution in [0, 0.1) is 0 Å². The SMILES string of the molecule is CCCOc1c(Br)cc(C(=O)OCC(=O)c2ccc3c(c2)OCO3)cc1OC. The van der Waals surface area contributed by atoms with E-state index in [2.05, 4.69) is 15.9 Å². The van der Waals surface area contributed by atoms with E-state index in [1.807, 2.05) is 6.92 Å². The van der Waals surface area contributed by atoms with Crippen LogP contribution in [0.2, 0.25) is 0 Å². The van der Waals surface area contributed by atoms with Crippen LogP contribution in [0.5, 0.6) is 23.0 Å². The second kappa shape index (κ2) is 8.97. The molecule has 3 rings (SSSR count). The van der Waals surface area contributed by atoms with Gasteiger partial charge in [0.25, 0.3) is 0 Å². The van der Waals surface area contributed by atoms with E-state index in [4.69, 9.17) is 23.7 Å². The Labute approximate surface area is 170 Å². The van der Waals surface area contributed by atoms with E-state index in [0.29, 0.717) is 39.6 Å². The average Bonchev–Trinajstić information content (AvgIpc) is 3.18. The number of carbonyl (C=O) groups excluding carboxylic acids is 2. The zero-order chi connectivity index (χ0) is 20.1. The second-order valence-electron chi connectivity index (χ2n) is 5.91. The fourth-order valence-electron chi connectivity index (χ4n) is 2.55. The molecule has 0 atom stereocenters. The summed E-state index contributed by atoms with van der Waals surface area (Å²) in [6, 6.07) is 7.90. The predicted molar refractivity (Wildman–Crippen MR) is 104 cm³/mol. The maximum Gasteiger partial charge on any atom is 0.338 e. The Hall–Kier alpha value is -2.74. The van der Waals surface area contributed by atoms with E-state index in [9.17, 15) is 9.59 Å². The number of ketones is 1. The van der Waals surface area contributed by atoms with Gasteiger partial charge in [-0.05, 0) is 52.7 Å². The molecule has 1 heterocycles. The fraction of sp³-hybridized carbons (Fsp3) is 0.300. The van der Waals surface area contributed by atoms with Crippen molar-refractivity contribution < 1.29 is 33.3 Å². The molecule has 0 fully saturated rings. The Morgan fingerprint density at radius 2 is 1.89 bits per heavy atom. The van der Waals surface area contributed by atoms with Crippen molar-refractivity contribution in [3.8, 4) is 23.0 Å². The van der Waals surface area contributed by atoms with E-state index < -0.39 is 12.6 Å². The molecule has 0 saturated heterocycles. The van der Waals surface area contributed by atoms with Crippen LogP contribution in [0.1, 0.15) is 34.1 Å². The largest absolute Gasteiger partial charge is 0.493 e. The van der Waals surface area contributed by atoms with Crippen LogP contribution in [0.15, 0.2) is 34.8 Å². The van der Waals surface area contributed by atoms with Gasteiger partial charge < -0.3 is 23.7 Å². The molecule has 0 aliphatic carbocycles. The Bertz CT molecular complexity index is 894. The van der Waals surface area contributed by atoms with Crippen LogP contribution in [-0.2, 0) is 4.74 Å². The summed E-state index contributed by atoms with van der Waals surface area (Å²) in [7, 11) is 1.48. The van der Waals surface area contributed by atoms with Gasteiger partial charge in [-0.3, -0.25) is 4.79 Å². The third kappa shape index (κ3) is 4.39. The van der Waals surface area contributed by atoms with Crippen molar-refractivity contribution in [2.75, 3.05) is 27.1 Å². The highest BCUT2D eigenvalue weighted by Gasteiger charge is 2.20. The summed E-state index contributed by atoms with van der Waals surface area (Å²) >= 11 is 3.38. The summed E-state index contributed by atoms with van der Waals surface area (Å²) < 4.78 is 27.1. The van der Waals surface area contributed by atoms with Crippen LogP contribution < -0.4 is 18.9 Å². The zero-order valence-electron chi connectivity index (χ0n) is 15.5. The molecule has 28 heavy (non-hydrogen) atoms. The van der Waals surface area contributed by atoms with Gasteiger partial charge in [-0.25, -0.2) is 4.79 Å². The number of rotatable bonds is 8. The van der Waals surface area contributed by atoms with E-state index in [1.54, 1.807) is 24.3 Å². The van der Waals surface area contributed by atoms with Crippen LogP contribution in [0.4, 0.5) is 0 Å². The quantitative estimate of drug-likeness (QED) is 0.443. The molecule has 7 nitrogen and oxygen atoms in total. The normalized spacial score (nSPS) is 11.8. The molecule has 0 saturated carbocycles. The lowest BCUT2D eigenvalue weighted by molar-refractivity contribution is 0.0474. The van der Waals surface area contributed by atoms with Crippen LogP contribution in [-0.4, -0.2) is 38.9 Å². The number of carbonyl (C=O) groups is 2. The number of Topliss-reactive ketones (excluding diaryl/α,β-unsaturated/α-hetero) is 1. The standard InChI is InChI=1S/C20H19BrO7/c1-3-6-25-19-14(21)7-13(9-18(19)24-2)20(23)26-10-15(22)12-4-5-16-17(8-12)28-11-27-16/h4-5,7-9H,3,6,10-11H2,1-2H3. The average molecular weight is 451 g/mol. The zero-order valence-corrected chi connectivity index (χ0v) is 17.0. The maximum atomic E-state index is 12.4. The second-order valence-corrected chi connectivity index (χ2v) is 6.76. The van der Waals surface area contributed by atoms with Gasteiger partial charge >= 0.3 is 5.97 Å². The first-order valence-corrected chi connectivity index (χ1v) is 9.43. The Morgan fingerprint density at radius 3 is 2.64 bits per heavy atom. The van der Waals surface area contributed by atoms with Crippen LogP contribution in [0.25, 0.3) is 0 Å². The summed E-state index contributed by atoms with van der Waals surface area (Å²) in [5.74, 6) is 0.995. The molecule has 1 aliphatic heterocycles. The molecule has 8 heteroatoms. The molecule has 2 aromatic carbocycles. The summed E-state index contributed by atoms with van der Waals surface area (Å²) in [6.07, 6.45) is 0.835. The Balaban J connectivity index is 1.67. The first-order chi connectivity index (χ1) is 13.5. The van der Waals surface area contributed by atoms with Gasteiger partial charge in [-0.15, -0.1) is 0 Å². The van der Waals surface area contributed by atoms with Gasteiger partial charge in [0.05, 0.1) is 23.8 Å². The molecule has 0 radical (unpaired) electrons. The van der Waals surface area contributed by atoms with Crippen molar-refractivity contribution in [3.63, 3.8) is 0 Å². The minimum Gasteiger partial charge on any atom is -0.493 e. The van der Waals surface area contributed by atoms with E-state index in [0.717, 1.165) is 6.42 Å². The molecule has 0 N–H and O–H groups in total. The molecular formula is C20H19BrO7. The number of ether oxygens (including phenoxy) is 5. The Morgan fingerprint density at radius 1 is 1.11 bits per heavy atom. The van der Waals surface area contributed by atoms with Crippen molar-refractivity contribution in [3.05, 3.63) is 45.9 Å². The number of fused-ring (bicyclic) bond motifs is 1. The highest BCUT2D eigenvalue weighted by Crippen LogP contribution is 2.37. The molecule has 0 aromatic heterocycles. The first kappa shape index (κ1) is 20.0. The molecule has 0 spiro atoms. The molecular weight excluding hydrogens is 432 g/mol. The van der Waals surface area contributed by atoms with Crippen molar-refractivity contribution in [2.24, 2.45) is 0 Å². The van der Waals surface area contributed by atoms with Gasteiger partial charge in [0.2, 0.25) is 6.79 Å². The molecule has 148 valence electrons. The van der Waals surface area contributed by atoms with E-state index in [-0.39, 0.29) is 18.1 Å². The van der Waals surface area contributed by atoms with E-state index >= 15 is 0 Å². The number of hydrogen-bond acceptors (Lipinski definition) is 7. The van der Waals surface area contributed by atoms with Crippen LogP contribution >= 0.6 is 15.9 Å². The minimum atomic E-state index is -0.643. The highest BCUT2D eigenvalue weighted by molar-refractivity contribution is 9.10. The first-order valence-electron chi connectivity index (χ1n) is 8.63. The number of benzene rings is 2. The third-order valence-corrected chi connectivity index (χ3v) is 4.53. The van der Waals surface area contributed by atoms with Crippen LogP contribution in [0.3, 0.4) is 0 Å². The summed E-state index contributed by atoms with van der Waals surface area (Å²) in [6.45, 7) is 2.23. The lowest BCUT2D eigenvalue weighted by atomic mass is 10.1. The summed E-state index contributed by atoms with van der Waals surface area (Å²) in [4.78, 5) is 24.7. The van der Waals surface area contributed by atoms with Gasteiger partial charge in [0.1, 0.15) is 0 Å². The van der Waals surface area contributed by atoms with Crippen molar-refractivity contribution in [2.45, 2.75) is 13.3 Å². The van der Waals surface area contributed by atoms with Gasteiger partial charge in [-0.1, -0.05) is 6.92 Å². The summed E-state index contributed by atoms with van der Waals surface area (Å²) in [5, 5.41) is 0. The smallest absolute Gasteiger partial charge is 0.338 e. The van der Waals surface area contributed by atoms with Crippen molar-refractivity contribution in [1.82, 2.24) is 0 Å². The van der Waals surface area contributed by atoms with Gasteiger partial charge in [0.15, 0.2) is 35.4 Å². The number of halogens is 1. The number of esters is 1. The molecule has 0 unspecified atom stereocenters. The van der Waals surface area contributed by atoms with Gasteiger partial charge in [-0.2, -0.15) is 0 Å². The summed E-state index contributed by atoms with van der Waals surface area (Å²) in [5.41, 5.74) is 0.616. The predicted octanol–water partition coefficient (Wildman–Crippen LogP) is 4.01. The molecule has 2 aromatic rings. The number of hydrogen-bond donors (Lipinski definition) is 0. The lowest BCUT2D eigenvalue weighted by Gasteiger charge is -2.13. The lowest BCUT2D eigenvalue weighted by Crippen LogP contribution is -2.14. The third-order valence-electron chi connectivity index (χ3n) is 3.94. The minimum absolute atomic E-state index is 0.122. The molecule has 0 amide bonds. The van der Waals surface area contributed by atoms with Crippen molar-refractivity contribution >= 4 is 27.7 Å². The molecule has 0 bridgehead atoms. The van der Waals surface area contributed by atoms with E-state index in [1.165, 1.54) is 13.2 Å². The molecule has 1 aliphatic rings. The fourth-order valence-corrected chi connectivity index (χ4v) is 3.11. The Kier molecular flexibility index (Phi) is 6.41. The highest BCUT2D eigenvalue weighted by atomic mass is 79.9. The van der Waals surface area contributed by atoms with Crippen molar-refractivity contribution in [1.29, 1.82) is 0 Å². The van der Waals surface area contributed by atoms with Gasteiger partial charge in [0, 0.05) is 5.56 Å². The topological polar surface area (TPSA) is 80.3 Å².